The molecule has 0 atom stereocenters. The summed E-state index contributed by atoms with van der Waals surface area (Å²) in [5.74, 6) is 2.36. The maximum Gasteiger partial charge on any atom is 0.123 e. The van der Waals surface area contributed by atoms with Gasteiger partial charge in [-0.25, -0.2) is 0 Å². The second-order valence-corrected chi connectivity index (χ2v) is 7.00. The lowest BCUT2D eigenvalue weighted by Gasteiger charge is -2.23. The summed E-state index contributed by atoms with van der Waals surface area (Å²) in [6, 6.07) is 4.28. The first-order valence-corrected chi connectivity index (χ1v) is 8.52. The first-order chi connectivity index (χ1) is 7.90. The van der Waals surface area contributed by atoms with E-state index in [1.165, 1.54) is 5.56 Å². The number of hydrogen-bond acceptors (Lipinski definition) is 3. The molecular formula is C14H22OS2. The van der Waals surface area contributed by atoms with Crippen LogP contribution in [0.1, 0.15) is 37.5 Å². The summed E-state index contributed by atoms with van der Waals surface area (Å²) in [5, 5.41) is 10.3. The minimum atomic E-state index is -0.00827. The SMILES string of the molecule is CSCc1cc(CSC)c(O)c(C(C)(C)C)c1. The van der Waals surface area contributed by atoms with Crippen LogP contribution in [-0.2, 0) is 16.9 Å². The van der Waals surface area contributed by atoms with Gasteiger partial charge in [0, 0.05) is 17.1 Å². The number of phenolic OH excluding ortho intramolecular Hbond substituents is 1. The first kappa shape index (κ1) is 14.8. The van der Waals surface area contributed by atoms with E-state index in [0.29, 0.717) is 5.75 Å². The molecular weight excluding hydrogens is 248 g/mol. The number of thioether (sulfide) groups is 2. The maximum atomic E-state index is 10.3. The summed E-state index contributed by atoms with van der Waals surface area (Å²) >= 11 is 3.57. The fourth-order valence-electron chi connectivity index (χ4n) is 1.85. The van der Waals surface area contributed by atoms with E-state index in [0.717, 1.165) is 22.6 Å². The zero-order chi connectivity index (χ0) is 13.1. The van der Waals surface area contributed by atoms with Gasteiger partial charge in [0.25, 0.3) is 0 Å². The van der Waals surface area contributed by atoms with Crippen LogP contribution in [0.3, 0.4) is 0 Å². The number of hydrogen-bond donors (Lipinski definition) is 1. The van der Waals surface area contributed by atoms with Gasteiger partial charge in [0.05, 0.1) is 0 Å². The molecule has 0 heterocycles. The van der Waals surface area contributed by atoms with Crippen LogP contribution in [0.5, 0.6) is 5.75 Å². The van der Waals surface area contributed by atoms with Crippen molar-refractivity contribution in [1.82, 2.24) is 0 Å². The molecule has 1 rings (SSSR count). The summed E-state index contributed by atoms with van der Waals surface area (Å²) in [7, 11) is 0. The molecule has 0 saturated carbocycles. The highest BCUT2D eigenvalue weighted by atomic mass is 32.2. The average Bonchev–Trinajstić information content (AvgIpc) is 2.21. The molecule has 1 nitrogen and oxygen atoms in total. The lowest BCUT2D eigenvalue weighted by atomic mass is 9.84. The predicted molar refractivity (Wildman–Crippen MR) is 81.2 cm³/mol. The average molecular weight is 270 g/mol. The van der Waals surface area contributed by atoms with Gasteiger partial charge in [0.1, 0.15) is 5.75 Å². The Morgan fingerprint density at radius 2 is 1.65 bits per heavy atom. The fourth-order valence-corrected chi connectivity index (χ4v) is 2.88. The molecule has 3 heteroatoms. The van der Waals surface area contributed by atoms with Crippen LogP contribution in [0.25, 0.3) is 0 Å². The van der Waals surface area contributed by atoms with Crippen molar-refractivity contribution in [2.75, 3.05) is 12.5 Å². The van der Waals surface area contributed by atoms with Gasteiger partial charge in [-0.15, -0.1) is 0 Å². The van der Waals surface area contributed by atoms with E-state index in [2.05, 4.69) is 45.4 Å². The molecule has 0 unspecified atom stereocenters. The summed E-state index contributed by atoms with van der Waals surface area (Å²) < 4.78 is 0. The van der Waals surface area contributed by atoms with Crippen LogP contribution in [0.15, 0.2) is 12.1 Å². The minimum Gasteiger partial charge on any atom is -0.507 e. The molecule has 0 radical (unpaired) electrons. The smallest absolute Gasteiger partial charge is 0.123 e. The second kappa shape index (κ2) is 6.05. The highest BCUT2D eigenvalue weighted by Crippen LogP contribution is 2.36. The lowest BCUT2D eigenvalue weighted by Crippen LogP contribution is -2.12. The number of benzene rings is 1. The van der Waals surface area contributed by atoms with Crippen LogP contribution < -0.4 is 0 Å². The van der Waals surface area contributed by atoms with Crippen molar-refractivity contribution in [2.45, 2.75) is 37.7 Å². The van der Waals surface area contributed by atoms with Crippen LogP contribution in [0.4, 0.5) is 0 Å². The molecule has 0 aliphatic heterocycles. The number of rotatable bonds is 4. The van der Waals surface area contributed by atoms with Gasteiger partial charge >= 0.3 is 0 Å². The quantitative estimate of drug-likeness (QED) is 0.875. The Morgan fingerprint density at radius 1 is 1.06 bits per heavy atom. The lowest BCUT2D eigenvalue weighted by molar-refractivity contribution is 0.442. The van der Waals surface area contributed by atoms with E-state index in [4.69, 9.17) is 0 Å². The van der Waals surface area contributed by atoms with Crippen LogP contribution in [-0.4, -0.2) is 17.6 Å². The van der Waals surface area contributed by atoms with E-state index < -0.39 is 0 Å². The number of phenols is 1. The Bertz CT molecular complexity index is 381. The summed E-state index contributed by atoms with van der Waals surface area (Å²) in [4.78, 5) is 0. The minimum absolute atomic E-state index is 0.00827. The van der Waals surface area contributed by atoms with Crippen LogP contribution >= 0.6 is 23.5 Å². The van der Waals surface area contributed by atoms with Crippen molar-refractivity contribution in [2.24, 2.45) is 0 Å². The highest BCUT2D eigenvalue weighted by molar-refractivity contribution is 7.98. The monoisotopic (exact) mass is 270 g/mol. The van der Waals surface area contributed by atoms with Gasteiger partial charge in [-0.3, -0.25) is 0 Å². The molecule has 1 N–H and O–H groups in total. The Kier molecular flexibility index (Phi) is 5.26. The van der Waals surface area contributed by atoms with Gasteiger partial charge in [-0.05, 0) is 29.1 Å². The molecule has 0 spiro atoms. The molecule has 96 valence electrons. The molecule has 0 aliphatic carbocycles. The fraction of sp³-hybridized carbons (Fsp3) is 0.571. The summed E-state index contributed by atoms with van der Waals surface area (Å²) in [6.07, 6.45) is 4.18. The molecule has 1 aromatic carbocycles. The molecule has 17 heavy (non-hydrogen) atoms. The van der Waals surface area contributed by atoms with Crippen LogP contribution in [0, 0.1) is 0 Å². The van der Waals surface area contributed by atoms with Gasteiger partial charge < -0.3 is 5.11 Å². The Hall–Kier alpha value is -0.280. The van der Waals surface area contributed by atoms with Crippen LogP contribution in [0.2, 0.25) is 0 Å². The number of aromatic hydroxyl groups is 1. The molecule has 0 bridgehead atoms. The predicted octanol–water partition coefficient (Wildman–Crippen LogP) is 4.42. The van der Waals surface area contributed by atoms with E-state index >= 15 is 0 Å². The standard InChI is InChI=1S/C14H22OS2/c1-14(2,3)12-7-10(8-16-4)6-11(9-17-5)13(12)15/h6-7,15H,8-9H2,1-5H3. The summed E-state index contributed by atoms with van der Waals surface area (Å²) in [5.41, 5.74) is 3.43. The van der Waals surface area contributed by atoms with Gasteiger partial charge in [0.15, 0.2) is 0 Å². The normalized spacial score (nSPS) is 11.8. The van der Waals surface area contributed by atoms with Crippen molar-refractivity contribution in [3.8, 4) is 5.75 Å². The Morgan fingerprint density at radius 3 is 2.12 bits per heavy atom. The third kappa shape index (κ3) is 3.85. The highest BCUT2D eigenvalue weighted by Gasteiger charge is 2.21. The van der Waals surface area contributed by atoms with E-state index in [1.807, 2.05) is 11.8 Å². The first-order valence-electron chi connectivity index (χ1n) is 5.73. The van der Waals surface area contributed by atoms with Crippen molar-refractivity contribution in [1.29, 1.82) is 0 Å². The molecule has 0 fully saturated rings. The van der Waals surface area contributed by atoms with Crippen molar-refractivity contribution in [3.63, 3.8) is 0 Å². The van der Waals surface area contributed by atoms with Crippen molar-refractivity contribution < 1.29 is 5.11 Å². The van der Waals surface area contributed by atoms with Gasteiger partial charge in [-0.1, -0.05) is 32.9 Å². The third-order valence-electron chi connectivity index (χ3n) is 2.67. The Balaban J connectivity index is 3.27. The van der Waals surface area contributed by atoms with E-state index in [-0.39, 0.29) is 5.41 Å². The zero-order valence-corrected chi connectivity index (χ0v) is 13.0. The third-order valence-corrected chi connectivity index (χ3v) is 3.89. The van der Waals surface area contributed by atoms with Crippen molar-refractivity contribution >= 4 is 23.5 Å². The second-order valence-electron chi connectivity index (χ2n) is 5.27. The van der Waals surface area contributed by atoms with Crippen molar-refractivity contribution in [3.05, 3.63) is 28.8 Å². The van der Waals surface area contributed by atoms with E-state index in [9.17, 15) is 5.11 Å². The Labute approximate surface area is 113 Å². The van der Waals surface area contributed by atoms with E-state index in [1.54, 1.807) is 11.8 Å². The molecule has 0 aliphatic rings. The molecule has 0 saturated heterocycles. The topological polar surface area (TPSA) is 20.2 Å². The zero-order valence-electron chi connectivity index (χ0n) is 11.3. The summed E-state index contributed by atoms with van der Waals surface area (Å²) in [6.45, 7) is 6.44. The van der Waals surface area contributed by atoms with Gasteiger partial charge in [-0.2, -0.15) is 23.5 Å². The van der Waals surface area contributed by atoms with Gasteiger partial charge in [0.2, 0.25) is 0 Å². The molecule has 1 aromatic rings. The molecule has 0 amide bonds. The molecule has 0 aromatic heterocycles. The largest absolute Gasteiger partial charge is 0.507 e. The maximum absolute atomic E-state index is 10.3.